The summed E-state index contributed by atoms with van der Waals surface area (Å²) in [5.41, 5.74) is 7.46. The standard InChI is InChI=1S/C13H19N5O/c1-3-19-12-7-10(14)6-11(8-12)15-5-4-13-16-9-18(2)17-13/h6-9,15H,3-5,14H2,1-2H3. The van der Waals surface area contributed by atoms with Crippen molar-refractivity contribution >= 4 is 11.4 Å². The van der Waals surface area contributed by atoms with Crippen LogP contribution in [0.1, 0.15) is 12.7 Å². The second kappa shape index (κ2) is 6.08. The Labute approximate surface area is 112 Å². The van der Waals surface area contributed by atoms with E-state index in [9.17, 15) is 0 Å². The zero-order chi connectivity index (χ0) is 13.7. The Hall–Kier alpha value is -2.24. The smallest absolute Gasteiger partial charge is 0.152 e. The highest BCUT2D eigenvalue weighted by Crippen LogP contribution is 2.22. The largest absolute Gasteiger partial charge is 0.494 e. The lowest BCUT2D eigenvalue weighted by molar-refractivity contribution is 0.340. The van der Waals surface area contributed by atoms with E-state index >= 15 is 0 Å². The highest BCUT2D eigenvalue weighted by atomic mass is 16.5. The highest BCUT2D eigenvalue weighted by Gasteiger charge is 2.01. The van der Waals surface area contributed by atoms with E-state index in [-0.39, 0.29) is 0 Å². The number of benzene rings is 1. The minimum atomic E-state index is 0.626. The van der Waals surface area contributed by atoms with E-state index in [1.807, 2.05) is 32.2 Å². The first-order chi connectivity index (χ1) is 9.17. The molecule has 1 aromatic heterocycles. The van der Waals surface area contributed by atoms with Gasteiger partial charge in [-0.25, -0.2) is 4.98 Å². The fourth-order valence-corrected chi connectivity index (χ4v) is 1.79. The Morgan fingerprint density at radius 1 is 1.37 bits per heavy atom. The van der Waals surface area contributed by atoms with Gasteiger partial charge in [-0.2, -0.15) is 5.10 Å². The molecule has 0 radical (unpaired) electrons. The third-order valence-corrected chi connectivity index (χ3v) is 2.56. The quantitative estimate of drug-likeness (QED) is 0.769. The predicted molar refractivity (Wildman–Crippen MR) is 75.2 cm³/mol. The summed E-state index contributed by atoms with van der Waals surface area (Å²) in [7, 11) is 1.86. The van der Waals surface area contributed by atoms with Crippen molar-refractivity contribution in [1.29, 1.82) is 0 Å². The van der Waals surface area contributed by atoms with E-state index in [2.05, 4.69) is 15.4 Å². The first kappa shape index (κ1) is 13.2. The van der Waals surface area contributed by atoms with Gasteiger partial charge in [0.05, 0.1) is 6.61 Å². The molecule has 6 heteroatoms. The number of anilines is 2. The molecular weight excluding hydrogens is 242 g/mol. The van der Waals surface area contributed by atoms with E-state index in [1.165, 1.54) is 0 Å². The van der Waals surface area contributed by atoms with Crippen LogP contribution in [0.5, 0.6) is 5.75 Å². The van der Waals surface area contributed by atoms with Crippen LogP contribution in [0, 0.1) is 0 Å². The third-order valence-electron chi connectivity index (χ3n) is 2.56. The molecule has 0 bridgehead atoms. The van der Waals surface area contributed by atoms with Crippen LogP contribution in [0.15, 0.2) is 24.5 Å². The highest BCUT2D eigenvalue weighted by molar-refractivity contribution is 5.59. The molecule has 0 aliphatic rings. The summed E-state index contributed by atoms with van der Waals surface area (Å²) in [6.07, 6.45) is 2.46. The van der Waals surface area contributed by atoms with E-state index < -0.39 is 0 Å². The van der Waals surface area contributed by atoms with Gasteiger partial charge in [0, 0.05) is 43.5 Å². The molecule has 1 aromatic carbocycles. The van der Waals surface area contributed by atoms with Gasteiger partial charge in [0.1, 0.15) is 12.1 Å². The van der Waals surface area contributed by atoms with Crippen LogP contribution in [0.2, 0.25) is 0 Å². The van der Waals surface area contributed by atoms with Gasteiger partial charge in [-0.05, 0) is 13.0 Å². The topological polar surface area (TPSA) is 78.0 Å². The lowest BCUT2D eigenvalue weighted by atomic mass is 10.2. The number of hydrogen-bond donors (Lipinski definition) is 2. The van der Waals surface area contributed by atoms with Crippen molar-refractivity contribution in [1.82, 2.24) is 14.8 Å². The van der Waals surface area contributed by atoms with Crippen molar-refractivity contribution in [2.24, 2.45) is 7.05 Å². The molecule has 1 heterocycles. The Kier molecular flexibility index (Phi) is 4.22. The monoisotopic (exact) mass is 261 g/mol. The Morgan fingerprint density at radius 3 is 2.89 bits per heavy atom. The van der Waals surface area contributed by atoms with Crippen molar-refractivity contribution in [3.63, 3.8) is 0 Å². The molecule has 0 fully saturated rings. The summed E-state index contributed by atoms with van der Waals surface area (Å²) >= 11 is 0. The van der Waals surface area contributed by atoms with Gasteiger partial charge in [0.15, 0.2) is 5.82 Å². The van der Waals surface area contributed by atoms with Gasteiger partial charge < -0.3 is 15.8 Å². The Balaban J connectivity index is 1.91. The first-order valence-corrected chi connectivity index (χ1v) is 6.29. The fourth-order valence-electron chi connectivity index (χ4n) is 1.79. The zero-order valence-electron chi connectivity index (χ0n) is 11.3. The number of nitrogen functional groups attached to an aromatic ring is 1. The van der Waals surface area contributed by atoms with Gasteiger partial charge in [-0.15, -0.1) is 0 Å². The van der Waals surface area contributed by atoms with Gasteiger partial charge >= 0.3 is 0 Å². The predicted octanol–water partition coefficient (Wildman–Crippen LogP) is 1.45. The van der Waals surface area contributed by atoms with Crippen LogP contribution in [0.25, 0.3) is 0 Å². The van der Waals surface area contributed by atoms with E-state index in [0.717, 1.165) is 30.2 Å². The van der Waals surface area contributed by atoms with Crippen LogP contribution < -0.4 is 15.8 Å². The maximum absolute atomic E-state index is 5.83. The van der Waals surface area contributed by atoms with Crippen LogP contribution in [-0.2, 0) is 13.5 Å². The summed E-state index contributed by atoms with van der Waals surface area (Å²) in [5.74, 6) is 1.60. The molecule has 0 aliphatic carbocycles. The third kappa shape index (κ3) is 3.87. The van der Waals surface area contributed by atoms with Crippen molar-refractivity contribution in [2.75, 3.05) is 24.2 Å². The molecule has 0 amide bonds. The van der Waals surface area contributed by atoms with E-state index in [4.69, 9.17) is 10.5 Å². The lowest BCUT2D eigenvalue weighted by Gasteiger charge is -2.09. The molecule has 2 rings (SSSR count). The molecule has 0 spiro atoms. The zero-order valence-corrected chi connectivity index (χ0v) is 11.3. The number of rotatable bonds is 6. The second-order valence-corrected chi connectivity index (χ2v) is 4.23. The summed E-state index contributed by atoms with van der Waals surface area (Å²) in [4.78, 5) is 4.17. The summed E-state index contributed by atoms with van der Waals surface area (Å²) < 4.78 is 7.14. The normalized spacial score (nSPS) is 10.4. The average Bonchev–Trinajstić information content (AvgIpc) is 2.75. The average molecular weight is 261 g/mol. The lowest BCUT2D eigenvalue weighted by Crippen LogP contribution is -2.07. The summed E-state index contributed by atoms with van der Waals surface area (Å²) in [6, 6.07) is 5.63. The number of nitrogens with two attached hydrogens (primary N) is 1. The molecule has 2 aromatic rings. The number of aryl methyl sites for hydroxylation is 1. The maximum Gasteiger partial charge on any atom is 0.152 e. The van der Waals surface area contributed by atoms with Crippen LogP contribution >= 0.6 is 0 Å². The van der Waals surface area contributed by atoms with E-state index in [0.29, 0.717) is 12.3 Å². The van der Waals surface area contributed by atoms with Crippen LogP contribution in [0.4, 0.5) is 11.4 Å². The van der Waals surface area contributed by atoms with Crippen molar-refractivity contribution in [3.05, 3.63) is 30.4 Å². The maximum atomic E-state index is 5.83. The molecule has 0 aliphatic heterocycles. The molecule has 102 valence electrons. The van der Waals surface area contributed by atoms with Gasteiger partial charge in [-0.3, -0.25) is 4.68 Å². The minimum absolute atomic E-state index is 0.626. The number of ether oxygens (including phenoxy) is 1. The molecule has 19 heavy (non-hydrogen) atoms. The minimum Gasteiger partial charge on any atom is -0.494 e. The first-order valence-electron chi connectivity index (χ1n) is 6.29. The molecule has 0 unspecified atom stereocenters. The molecule has 3 N–H and O–H groups in total. The summed E-state index contributed by atoms with van der Waals surface area (Å²) in [6.45, 7) is 3.32. The number of aromatic nitrogens is 3. The van der Waals surface area contributed by atoms with Crippen molar-refractivity contribution in [2.45, 2.75) is 13.3 Å². The van der Waals surface area contributed by atoms with Gasteiger partial charge in [-0.1, -0.05) is 0 Å². The Bertz CT molecular complexity index is 538. The van der Waals surface area contributed by atoms with Crippen molar-refractivity contribution in [3.8, 4) is 5.75 Å². The second-order valence-electron chi connectivity index (χ2n) is 4.23. The van der Waals surface area contributed by atoms with Gasteiger partial charge in [0.2, 0.25) is 0 Å². The number of nitrogens with one attached hydrogen (secondary N) is 1. The molecular formula is C13H19N5O. The molecule has 0 atom stereocenters. The van der Waals surface area contributed by atoms with E-state index in [1.54, 1.807) is 11.0 Å². The summed E-state index contributed by atoms with van der Waals surface area (Å²) in [5, 5.41) is 7.52. The SMILES string of the molecule is CCOc1cc(N)cc(NCCc2ncn(C)n2)c1. The van der Waals surface area contributed by atoms with Crippen molar-refractivity contribution < 1.29 is 4.74 Å². The number of nitrogens with zero attached hydrogens (tertiary/aromatic N) is 3. The van der Waals surface area contributed by atoms with Gasteiger partial charge in [0.25, 0.3) is 0 Å². The number of hydrogen-bond acceptors (Lipinski definition) is 5. The van der Waals surface area contributed by atoms with Crippen LogP contribution in [-0.4, -0.2) is 27.9 Å². The fraction of sp³-hybridized carbons (Fsp3) is 0.385. The van der Waals surface area contributed by atoms with Crippen LogP contribution in [0.3, 0.4) is 0 Å². The molecule has 0 saturated carbocycles. The molecule has 0 saturated heterocycles. The Morgan fingerprint density at radius 2 is 2.21 bits per heavy atom. The molecule has 6 nitrogen and oxygen atoms in total.